The fraction of sp³-hybridized carbons (Fsp3) is 0.719. The Kier molecular flexibility index (Phi) is 8.33. The second-order valence-corrected chi connectivity index (χ2v) is 13.9. The van der Waals surface area contributed by atoms with Crippen molar-refractivity contribution in [2.75, 3.05) is 26.2 Å². The molecule has 6 nitrogen and oxygen atoms in total. The topological polar surface area (TPSA) is 62.2 Å². The molecular weight excluding hydrogens is 510 g/mol. The summed E-state index contributed by atoms with van der Waals surface area (Å²) in [4.78, 5) is 35.9. The summed E-state index contributed by atoms with van der Waals surface area (Å²) in [7, 11) is 0. The SMILES string of the molecule is CC(C)N=C1CC(c2ccc(Cl)cc2)[C@H](C(=O)N2CCC(CN3C(=O)OCC3(C)C)(C3CCCCC3)CC2)C1. The van der Waals surface area contributed by atoms with Gasteiger partial charge in [-0.1, -0.05) is 43.0 Å². The number of amides is 2. The van der Waals surface area contributed by atoms with Crippen molar-refractivity contribution in [3.8, 4) is 0 Å². The Morgan fingerprint density at radius 2 is 1.74 bits per heavy atom. The van der Waals surface area contributed by atoms with E-state index in [0.29, 0.717) is 12.5 Å². The molecule has 39 heavy (non-hydrogen) atoms. The lowest BCUT2D eigenvalue weighted by Gasteiger charge is -2.51. The molecule has 1 unspecified atom stereocenters. The Balaban J connectivity index is 1.34. The molecule has 7 heteroatoms. The highest BCUT2D eigenvalue weighted by Crippen LogP contribution is 2.49. The largest absolute Gasteiger partial charge is 0.447 e. The number of carbonyl (C=O) groups is 2. The van der Waals surface area contributed by atoms with Gasteiger partial charge in [-0.2, -0.15) is 0 Å². The molecule has 2 aliphatic heterocycles. The smallest absolute Gasteiger partial charge is 0.410 e. The third kappa shape index (κ3) is 6.01. The summed E-state index contributed by atoms with van der Waals surface area (Å²) in [5, 5.41) is 0.718. The maximum atomic E-state index is 14.1. The highest BCUT2D eigenvalue weighted by atomic mass is 35.5. The minimum Gasteiger partial charge on any atom is -0.447 e. The van der Waals surface area contributed by atoms with Gasteiger partial charge < -0.3 is 9.64 Å². The summed E-state index contributed by atoms with van der Waals surface area (Å²) in [6.45, 7) is 11.1. The lowest BCUT2D eigenvalue weighted by atomic mass is 9.63. The van der Waals surface area contributed by atoms with Gasteiger partial charge in [-0.05, 0) is 95.2 Å². The number of rotatable bonds is 6. The predicted octanol–water partition coefficient (Wildman–Crippen LogP) is 7.10. The predicted molar refractivity (Wildman–Crippen MR) is 156 cm³/mol. The van der Waals surface area contributed by atoms with Crippen LogP contribution >= 0.6 is 11.6 Å². The number of nitrogens with zero attached hydrogens (tertiary/aromatic N) is 3. The van der Waals surface area contributed by atoms with Crippen molar-refractivity contribution in [3.63, 3.8) is 0 Å². The molecule has 2 atom stereocenters. The quantitative estimate of drug-likeness (QED) is 0.376. The van der Waals surface area contributed by atoms with Gasteiger partial charge >= 0.3 is 6.09 Å². The molecule has 4 aliphatic rings. The normalized spacial score (nSPS) is 28.4. The van der Waals surface area contributed by atoms with Crippen molar-refractivity contribution in [3.05, 3.63) is 34.9 Å². The van der Waals surface area contributed by atoms with Crippen LogP contribution in [0, 0.1) is 17.3 Å². The number of ether oxygens (including phenoxy) is 1. The van der Waals surface area contributed by atoms with Crippen LogP contribution in [-0.2, 0) is 9.53 Å². The maximum Gasteiger partial charge on any atom is 0.410 e. The van der Waals surface area contributed by atoms with Gasteiger partial charge in [-0.3, -0.25) is 14.7 Å². The number of likely N-dealkylation sites (tertiary alicyclic amines) is 1. The number of carbonyl (C=O) groups excluding carboxylic acids is 2. The number of piperidine rings is 1. The van der Waals surface area contributed by atoms with Crippen LogP contribution in [0.5, 0.6) is 0 Å². The molecule has 0 radical (unpaired) electrons. The van der Waals surface area contributed by atoms with Crippen LogP contribution in [-0.4, -0.2) is 65.3 Å². The second-order valence-electron chi connectivity index (χ2n) is 13.4. The molecule has 5 rings (SSSR count). The molecule has 0 spiro atoms. The van der Waals surface area contributed by atoms with Gasteiger partial charge in [0.05, 0.1) is 11.5 Å². The van der Waals surface area contributed by atoms with Crippen molar-refractivity contribution in [2.24, 2.45) is 22.2 Å². The van der Waals surface area contributed by atoms with Crippen LogP contribution in [0.4, 0.5) is 4.79 Å². The molecule has 2 saturated heterocycles. The highest BCUT2D eigenvalue weighted by Gasteiger charge is 2.50. The van der Waals surface area contributed by atoms with Gasteiger partial charge in [0.1, 0.15) is 6.61 Å². The van der Waals surface area contributed by atoms with Gasteiger partial charge in [0.2, 0.25) is 5.91 Å². The van der Waals surface area contributed by atoms with E-state index in [1.54, 1.807) is 0 Å². The Labute approximate surface area is 239 Å². The van der Waals surface area contributed by atoms with E-state index in [1.165, 1.54) is 37.7 Å². The fourth-order valence-corrected chi connectivity index (χ4v) is 7.84. The van der Waals surface area contributed by atoms with Crippen LogP contribution in [0.2, 0.25) is 5.02 Å². The molecule has 2 saturated carbocycles. The first-order valence-corrected chi connectivity index (χ1v) is 15.5. The van der Waals surface area contributed by atoms with E-state index < -0.39 is 0 Å². The van der Waals surface area contributed by atoms with E-state index in [0.717, 1.165) is 56.1 Å². The summed E-state index contributed by atoms with van der Waals surface area (Å²) in [5.74, 6) is 0.920. The molecule has 2 heterocycles. The Morgan fingerprint density at radius 3 is 2.33 bits per heavy atom. The van der Waals surface area contributed by atoms with Crippen LogP contribution in [0.25, 0.3) is 0 Å². The number of hydrogen-bond acceptors (Lipinski definition) is 4. The summed E-state index contributed by atoms with van der Waals surface area (Å²) >= 11 is 6.18. The van der Waals surface area contributed by atoms with E-state index in [-0.39, 0.29) is 40.8 Å². The zero-order valence-electron chi connectivity index (χ0n) is 24.3. The molecule has 1 aromatic carbocycles. The molecule has 4 fully saturated rings. The first kappa shape index (κ1) is 28.4. The summed E-state index contributed by atoms with van der Waals surface area (Å²) in [6.07, 6.45) is 9.61. The van der Waals surface area contributed by atoms with Gasteiger partial charge in [-0.15, -0.1) is 0 Å². The minimum absolute atomic E-state index is 0.0490. The fourth-order valence-electron chi connectivity index (χ4n) is 7.72. The Bertz CT molecular complexity index is 1070. The Hall–Kier alpha value is -2.08. The van der Waals surface area contributed by atoms with Gasteiger partial charge in [-0.25, -0.2) is 4.79 Å². The van der Waals surface area contributed by atoms with Crippen molar-refractivity contribution in [1.29, 1.82) is 0 Å². The lowest BCUT2D eigenvalue weighted by molar-refractivity contribution is -0.139. The number of cyclic esters (lactones) is 1. The monoisotopic (exact) mass is 555 g/mol. The number of benzene rings is 1. The van der Waals surface area contributed by atoms with Crippen LogP contribution in [0.3, 0.4) is 0 Å². The van der Waals surface area contributed by atoms with Crippen molar-refractivity contribution >= 4 is 29.3 Å². The summed E-state index contributed by atoms with van der Waals surface area (Å²) in [5.41, 5.74) is 2.10. The van der Waals surface area contributed by atoms with Gasteiger partial charge in [0, 0.05) is 42.3 Å². The summed E-state index contributed by atoms with van der Waals surface area (Å²) < 4.78 is 5.48. The van der Waals surface area contributed by atoms with E-state index in [4.69, 9.17) is 21.3 Å². The maximum absolute atomic E-state index is 14.1. The first-order valence-electron chi connectivity index (χ1n) is 15.1. The molecule has 0 bridgehead atoms. The molecular formula is C32H46ClN3O3. The van der Waals surface area contributed by atoms with Gasteiger partial charge in [0.15, 0.2) is 0 Å². The summed E-state index contributed by atoms with van der Waals surface area (Å²) in [6, 6.07) is 8.24. The molecule has 0 aromatic heterocycles. The van der Waals surface area contributed by atoms with Crippen molar-refractivity contribution < 1.29 is 14.3 Å². The standard InChI is InChI=1S/C32H46ClN3O3/c1-22(2)34-26-18-27(23-10-12-25(33)13-11-23)28(19-26)29(37)35-16-14-32(15-17-35,24-8-6-5-7-9-24)20-36-30(38)39-21-31(36,3)4/h10-13,22,24,27-28H,5-9,14-21H2,1-4H3/t27?,28-/m1/s1. The second kappa shape index (κ2) is 11.4. The van der Waals surface area contributed by atoms with E-state index in [2.05, 4.69) is 44.7 Å². The molecule has 2 aliphatic carbocycles. The van der Waals surface area contributed by atoms with Crippen molar-refractivity contribution in [1.82, 2.24) is 9.80 Å². The number of hydrogen-bond donors (Lipinski definition) is 0. The lowest BCUT2D eigenvalue weighted by Crippen LogP contribution is -2.55. The van der Waals surface area contributed by atoms with E-state index >= 15 is 0 Å². The van der Waals surface area contributed by atoms with E-state index in [1.807, 2.05) is 17.0 Å². The Morgan fingerprint density at radius 1 is 1.08 bits per heavy atom. The number of aliphatic imine (C=N–C) groups is 1. The first-order chi connectivity index (χ1) is 18.6. The van der Waals surface area contributed by atoms with E-state index in [9.17, 15) is 9.59 Å². The van der Waals surface area contributed by atoms with Crippen LogP contribution in [0.1, 0.15) is 97.0 Å². The zero-order valence-corrected chi connectivity index (χ0v) is 25.0. The average molecular weight is 556 g/mol. The van der Waals surface area contributed by atoms with Crippen LogP contribution < -0.4 is 0 Å². The third-order valence-corrected chi connectivity index (χ3v) is 10.2. The zero-order chi connectivity index (χ0) is 27.8. The molecule has 0 N–H and O–H groups in total. The number of halogens is 1. The van der Waals surface area contributed by atoms with Gasteiger partial charge in [0.25, 0.3) is 0 Å². The van der Waals surface area contributed by atoms with Crippen molar-refractivity contribution in [2.45, 2.75) is 103 Å². The molecule has 1 aromatic rings. The van der Waals surface area contributed by atoms with Crippen LogP contribution in [0.15, 0.2) is 29.3 Å². The minimum atomic E-state index is -0.284. The highest BCUT2D eigenvalue weighted by molar-refractivity contribution is 6.30. The molecule has 214 valence electrons. The third-order valence-electron chi connectivity index (χ3n) is 9.97. The molecule has 2 amide bonds. The average Bonchev–Trinajstić information content (AvgIpc) is 3.45.